The summed E-state index contributed by atoms with van der Waals surface area (Å²) in [4.78, 5) is 2.44. The summed E-state index contributed by atoms with van der Waals surface area (Å²) in [6.07, 6.45) is 2.46. The van der Waals surface area contributed by atoms with Gasteiger partial charge >= 0.3 is 0 Å². The average molecular weight is 233 g/mol. The van der Waals surface area contributed by atoms with Crippen LogP contribution in [0, 0.1) is 19.8 Å². The second-order valence-electron chi connectivity index (χ2n) is 5.73. The van der Waals surface area contributed by atoms with Crippen molar-refractivity contribution in [3.63, 3.8) is 0 Å². The zero-order chi connectivity index (χ0) is 12.8. The summed E-state index contributed by atoms with van der Waals surface area (Å²) in [5.74, 6) is 0.804. The zero-order valence-corrected chi connectivity index (χ0v) is 12.1. The smallest absolute Gasteiger partial charge is 0.00188 e. The van der Waals surface area contributed by atoms with Gasteiger partial charge in [-0.2, -0.15) is 0 Å². The minimum absolute atomic E-state index is 0.804. The largest absolute Gasteiger partial charge is 0.306 e. The summed E-state index contributed by atoms with van der Waals surface area (Å²) in [6, 6.07) is 6.86. The summed E-state index contributed by atoms with van der Waals surface area (Å²) in [5, 5.41) is 0. The number of aryl methyl sites for hydroxylation is 2. The van der Waals surface area contributed by atoms with Gasteiger partial charge in [0.25, 0.3) is 0 Å². The van der Waals surface area contributed by atoms with Crippen molar-refractivity contribution >= 4 is 0 Å². The molecule has 1 heteroatoms. The lowest BCUT2D eigenvalue weighted by molar-refractivity contribution is 0.314. The van der Waals surface area contributed by atoms with Crippen molar-refractivity contribution in [1.82, 2.24) is 4.90 Å². The summed E-state index contributed by atoms with van der Waals surface area (Å²) < 4.78 is 0. The third-order valence-corrected chi connectivity index (χ3v) is 3.15. The van der Waals surface area contributed by atoms with E-state index in [0.717, 1.165) is 18.9 Å². The van der Waals surface area contributed by atoms with Gasteiger partial charge in [-0.25, -0.2) is 0 Å². The molecule has 0 heterocycles. The van der Waals surface area contributed by atoms with Crippen molar-refractivity contribution in [2.24, 2.45) is 5.92 Å². The topological polar surface area (TPSA) is 3.24 Å². The van der Waals surface area contributed by atoms with Gasteiger partial charge in [0.2, 0.25) is 0 Å². The van der Waals surface area contributed by atoms with Crippen molar-refractivity contribution in [2.45, 2.75) is 40.5 Å². The number of likely N-dealkylation sites (N-methyl/N-ethyl adjacent to an activating group) is 1. The third-order valence-electron chi connectivity index (χ3n) is 3.15. The summed E-state index contributed by atoms with van der Waals surface area (Å²) in [7, 11) is 2.23. The normalized spacial score (nSPS) is 11.5. The van der Waals surface area contributed by atoms with E-state index in [-0.39, 0.29) is 0 Å². The maximum absolute atomic E-state index is 2.44. The van der Waals surface area contributed by atoms with Gasteiger partial charge in [-0.05, 0) is 51.8 Å². The molecule has 17 heavy (non-hydrogen) atoms. The van der Waals surface area contributed by atoms with Crippen LogP contribution in [0.1, 0.15) is 37.0 Å². The minimum Gasteiger partial charge on any atom is -0.306 e. The lowest BCUT2D eigenvalue weighted by Gasteiger charge is -2.18. The monoisotopic (exact) mass is 233 g/mol. The summed E-state index contributed by atoms with van der Waals surface area (Å²) >= 11 is 0. The van der Waals surface area contributed by atoms with E-state index in [1.807, 2.05) is 0 Å². The van der Waals surface area contributed by atoms with Crippen LogP contribution < -0.4 is 0 Å². The Kier molecular flexibility index (Phi) is 5.70. The average Bonchev–Trinajstić information content (AvgIpc) is 2.22. The summed E-state index contributed by atoms with van der Waals surface area (Å²) in [5.41, 5.74) is 4.23. The molecule has 1 aromatic rings. The SMILES string of the molecule is Cc1cc(C)cc(CCN(C)CCC(C)C)c1. The Balaban J connectivity index is 2.39. The molecule has 0 spiro atoms. The van der Waals surface area contributed by atoms with Crippen LogP contribution in [0.5, 0.6) is 0 Å². The number of hydrogen-bond acceptors (Lipinski definition) is 1. The lowest BCUT2D eigenvalue weighted by Crippen LogP contribution is -2.23. The predicted octanol–water partition coefficient (Wildman–Crippen LogP) is 3.82. The number of benzene rings is 1. The Bertz CT molecular complexity index is 321. The van der Waals surface area contributed by atoms with Crippen LogP contribution in [0.15, 0.2) is 18.2 Å². The molecule has 0 aliphatic heterocycles. The number of rotatable bonds is 6. The van der Waals surface area contributed by atoms with Crippen LogP contribution in [-0.2, 0) is 6.42 Å². The highest BCUT2D eigenvalue weighted by Gasteiger charge is 2.02. The maximum atomic E-state index is 2.44. The molecule has 0 saturated heterocycles. The van der Waals surface area contributed by atoms with E-state index in [4.69, 9.17) is 0 Å². The highest BCUT2D eigenvalue weighted by atomic mass is 15.1. The van der Waals surface area contributed by atoms with Gasteiger partial charge in [-0.3, -0.25) is 0 Å². The molecule has 96 valence electrons. The number of nitrogens with zero attached hydrogens (tertiary/aromatic N) is 1. The maximum Gasteiger partial charge on any atom is 0.00188 e. The molecular formula is C16H27N. The standard InChI is InChI=1S/C16H27N/c1-13(2)6-8-17(5)9-7-16-11-14(3)10-15(4)12-16/h10-13H,6-9H2,1-5H3. The lowest BCUT2D eigenvalue weighted by atomic mass is 10.0. The molecule has 1 nitrogen and oxygen atoms in total. The van der Waals surface area contributed by atoms with E-state index >= 15 is 0 Å². The van der Waals surface area contributed by atoms with Gasteiger partial charge in [0.1, 0.15) is 0 Å². The molecule has 0 saturated carbocycles. The predicted molar refractivity (Wildman–Crippen MR) is 76.6 cm³/mol. The second-order valence-corrected chi connectivity index (χ2v) is 5.73. The first-order chi connectivity index (χ1) is 7.97. The second kappa shape index (κ2) is 6.80. The molecule has 0 unspecified atom stereocenters. The van der Waals surface area contributed by atoms with E-state index in [2.05, 4.69) is 57.8 Å². The number of hydrogen-bond donors (Lipinski definition) is 0. The van der Waals surface area contributed by atoms with Gasteiger partial charge in [-0.15, -0.1) is 0 Å². The van der Waals surface area contributed by atoms with Crippen LogP contribution in [0.2, 0.25) is 0 Å². The molecule has 0 bridgehead atoms. The molecule has 0 aromatic heterocycles. The molecule has 1 aromatic carbocycles. The van der Waals surface area contributed by atoms with Gasteiger partial charge in [0.15, 0.2) is 0 Å². The fourth-order valence-electron chi connectivity index (χ4n) is 2.12. The molecule has 0 aliphatic carbocycles. The first-order valence-electron chi connectivity index (χ1n) is 6.73. The molecular weight excluding hydrogens is 206 g/mol. The summed E-state index contributed by atoms with van der Waals surface area (Å²) in [6.45, 7) is 11.3. The van der Waals surface area contributed by atoms with Crippen molar-refractivity contribution in [1.29, 1.82) is 0 Å². The first kappa shape index (κ1) is 14.2. The molecule has 1 rings (SSSR count). The quantitative estimate of drug-likeness (QED) is 0.722. The van der Waals surface area contributed by atoms with Gasteiger partial charge < -0.3 is 4.90 Å². The van der Waals surface area contributed by atoms with Crippen LogP contribution in [0.25, 0.3) is 0 Å². The highest BCUT2D eigenvalue weighted by Crippen LogP contribution is 2.10. The molecule has 0 atom stereocenters. The van der Waals surface area contributed by atoms with Crippen LogP contribution in [-0.4, -0.2) is 25.0 Å². The fraction of sp³-hybridized carbons (Fsp3) is 0.625. The van der Waals surface area contributed by atoms with Crippen molar-refractivity contribution in [2.75, 3.05) is 20.1 Å². The Morgan fingerprint density at radius 1 is 1.00 bits per heavy atom. The highest BCUT2D eigenvalue weighted by molar-refractivity contribution is 5.28. The van der Waals surface area contributed by atoms with Crippen LogP contribution in [0.4, 0.5) is 0 Å². The Labute approximate surface area is 107 Å². The van der Waals surface area contributed by atoms with Crippen molar-refractivity contribution < 1.29 is 0 Å². The van der Waals surface area contributed by atoms with E-state index in [9.17, 15) is 0 Å². The van der Waals surface area contributed by atoms with Crippen molar-refractivity contribution in [3.05, 3.63) is 34.9 Å². The van der Waals surface area contributed by atoms with E-state index in [1.165, 1.54) is 29.7 Å². The fourth-order valence-corrected chi connectivity index (χ4v) is 2.12. The molecule has 0 aliphatic rings. The van der Waals surface area contributed by atoms with E-state index in [0.29, 0.717) is 0 Å². The Morgan fingerprint density at radius 2 is 1.59 bits per heavy atom. The minimum atomic E-state index is 0.804. The zero-order valence-electron chi connectivity index (χ0n) is 12.1. The first-order valence-corrected chi connectivity index (χ1v) is 6.73. The third kappa shape index (κ3) is 5.88. The van der Waals surface area contributed by atoms with Crippen LogP contribution in [0.3, 0.4) is 0 Å². The van der Waals surface area contributed by atoms with E-state index in [1.54, 1.807) is 0 Å². The van der Waals surface area contributed by atoms with Gasteiger partial charge in [0.05, 0.1) is 0 Å². The van der Waals surface area contributed by atoms with E-state index < -0.39 is 0 Å². The molecule has 0 amide bonds. The Hall–Kier alpha value is -0.820. The molecule has 0 N–H and O–H groups in total. The van der Waals surface area contributed by atoms with Crippen LogP contribution >= 0.6 is 0 Å². The molecule has 0 fully saturated rings. The van der Waals surface area contributed by atoms with Gasteiger partial charge in [-0.1, -0.05) is 43.2 Å². The Morgan fingerprint density at radius 3 is 2.12 bits per heavy atom. The molecule has 0 radical (unpaired) electrons. The van der Waals surface area contributed by atoms with Gasteiger partial charge in [0, 0.05) is 6.54 Å². The van der Waals surface area contributed by atoms with Crippen molar-refractivity contribution in [3.8, 4) is 0 Å².